The van der Waals surface area contributed by atoms with Crippen molar-refractivity contribution in [3.8, 4) is 0 Å². The van der Waals surface area contributed by atoms with Gasteiger partial charge in [0.2, 0.25) is 0 Å². The monoisotopic (exact) mass is 178 g/mol. The van der Waals surface area contributed by atoms with Crippen LogP contribution in [0, 0.1) is 0 Å². The average molecular weight is 178 g/mol. The van der Waals surface area contributed by atoms with Crippen molar-refractivity contribution in [3.63, 3.8) is 0 Å². The molecule has 1 rings (SSSR count). The van der Waals surface area contributed by atoms with Crippen molar-refractivity contribution >= 4 is 14.5 Å². The second-order valence-electron chi connectivity index (χ2n) is 3.09. The maximum atomic E-state index is 4.40. The minimum Gasteiger partial charge on any atom is -0.0654 e. The summed E-state index contributed by atoms with van der Waals surface area (Å²) in [5.41, 5.74) is 1.38. The average Bonchev–Trinajstić information content (AvgIpc) is 2.09. The highest BCUT2D eigenvalue weighted by atomic mass is 31.0. The predicted molar refractivity (Wildman–Crippen MR) is 56.2 cm³/mol. The first-order valence-corrected chi connectivity index (χ1v) is 5.06. The lowest BCUT2D eigenvalue weighted by Gasteiger charge is -2.02. The highest BCUT2D eigenvalue weighted by molar-refractivity contribution is 7.27. The molecular weight excluding hydrogens is 163 g/mol. The summed E-state index contributed by atoms with van der Waals surface area (Å²) in [5.74, 6) is 0. The van der Waals surface area contributed by atoms with Gasteiger partial charge in [0, 0.05) is 0 Å². The van der Waals surface area contributed by atoms with E-state index in [0.717, 1.165) is 5.30 Å². The van der Waals surface area contributed by atoms with Gasteiger partial charge in [-0.05, 0) is 32.9 Å². The van der Waals surface area contributed by atoms with E-state index < -0.39 is 0 Å². The fourth-order valence-electron chi connectivity index (χ4n) is 1.29. The van der Waals surface area contributed by atoms with Crippen LogP contribution in [0.3, 0.4) is 0 Å². The van der Waals surface area contributed by atoms with Crippen LogP contribution in [-0.4, -0.2) is 0 Å². The molecule has 0 aliphatic rings. The van der Waals surface area contributed by atoms with Gasteiger partial charge in [0.15, 0.2) is 0 Å². The normalized spacial score (nSPS) is 10.2. The first-order chi connectivity index (χ1) is 5.84. The summed E-state index contributed by atoms with van der Waals surface area (Å²) in [6, 6.07) is 8.34. The molecule has 12 heavy (non-hydrogen) atoms. The molecule has 0 aromatic heterocycles. The molecule has 0 aliphatic carbocycles. The summed E-state index contributed by atoms with van der Waals surface area (Å²) in [6.07, 6.45) is 5.07. The number of benzene rings is 1. The van der Waals surface area contributed by atoms with E-state index in [0.29, 0.717) is 0 Å². The van der Waals surface area contributed by atoms with Crippen LogP contribution in [0.25, 0.3) is 0 Å². The second-order valence-corrected chi connectivity index (χ2v) is 3.57. The Morgan fingerprint density at radius 3 is 2.58 bits per heavy atom. The van der Waals surface area contributed by atoms with Gasteiger partial charge >= 0.3 is 0 Å². The van der Waals surface area contributed by atoms with E-state index in [1.54, 1.807) is 0 Å². The van der Waals surface area contributed by atoms with E-state index in [1.807, 2.05) is 6.07 Å². The number of hydrogen-bond donors (Lipinski definition) is 0. The maximum absolute atomic E-state index is 4.40. The molecule has 0 amide bonds. The van der Waals surface area contributed by atoms with Gasteiger partial charge < -0.3 is 0 Å². The lowest BCUT2D eigenvalue weighted by atomic mass is 10.1. The maximum Gasteiger partial charge on any atom is -0.00533 e. The van der Waals surface area contributed by atoms with Crippen LogP contribution >= 0.6 is 9.24 Å². The molecule has 0 aliphatic heterocycles. The zero-order chi connectivity index (χ0) is 8.81. The van der Waals surface area contributed by atoms with E-state index in [2.05, 4.69) is 34.4 Å². The van der Waals surface area contributed by atoms with Crippen LogP contribution in [0.5, 0.6) is 0 Å². The molecule has 1 aromatic rings. The Kier molecular flexibility index (Phi) is 4.32. The van der Waals surface area contributed by atoms with Crippen LogP contribution in [0.4, 0.5) is 0 Å². The van der Waals surface area contributed by atoms with Crippen molar-refractivity contribution in [1.29, 1.82) is 0 Å². The van der Waals surface area contributed by atoms with E-state index in [4.69, 9.17) is 0 Å². The zero-order valence-corrected chi connectivity index (χ0v) is 8.48. The molecule has 0 unspecified atom stereocenters. The first-order valence-electron chi connectivity index (χ1n) is 4.61. The number of unbranched alkanes of at least 4 members (excludes halogenated alkanes) is 2. The van der Waals surface area contributed by atoms with Crippen molar-refractivity contribution in [2.24, 2.45) is 0 Å². The molecule has 0 fully saturated rings. The van der Waals surface area contributed by atoms with Crippen LogP contribution in [-0.2, 0) is 6.42 Å². The van der Waals surface area contributed by atoms with Crippen molar-refractivity contribution in [3.05, 3.63) is 29.8 Å². The van der Waals surface area contributed by atoms with Gasteiger partial charge in [0.1, 0.15) is 0 Å². The smallest absolute Gasteiger partial charge is 0.00533 e. The summed E-state index contributed by atoms with van der Waals surface area (Å²) >= 11 is 0. The second kappa shape index (κ2) is 5.32. The molecule has 0 nitrogen and oxygen atoms in total. The third kappa shape index (κ3) is 2.95. The highest BCUT2D eigenvalue weighted by Crippen LogP contribution is 2.06. The van der Waals surface area contributed by atoms with Gasteiger partial charge in [0.25, 0.3) is 0 Å². The Bertz CT molecular complexity index is 230. The summed E-state index contributed by atoms with van der Waals surface area (Å²) < 4.78 is 0. The number of hydrogen-bond acceptors (Lipinski definition) is 0. The third-order valence-corrected chi connectivity index (χ3v) is 2.48. The van der Waals surface area contributed by atoms with E-state index in [-0.39, 0.29) is 0 Å². The Morgan fingerprint density at radius 1 is 1.17 bits per heavy atom. The van der Waals surface area contributed by atoms with Gasteiger partial charge in [-0.2, -0.15) is 0 Å². The summed E-state index contributed by atoms with van der Waals surface area (Å²) in [6.45, 7) is 2.23. The Hall–Kier alpha value is -0.350. The fourth-order valence-corrected chi connectivity index (χ4v) is 1.56. The van der Waals surface area contributed by atoms with Crippen molar-refractivity contribution in [2.45, 2.75) is 32.6 Å². The van der Waals surface area contributed by atoms with Gasteiger partial charge in [-0.15, -0.1) is 0 Å². The minimum absolute atomic E-state index is 1.13. The summed E-state index contributed by atoms with van der Waals surface area (Å²) in [7, 11) is 4.40. The van der Waals surface area contributed by atoms with Gasteiger partial charge in [-0.3, -0.25) is 0 Å². The molecule has 0 bridgehead atoms. The topological polar surface area (TPSA) is 0 Å². The Morgan fingerprint density at radius 2 is 1.92 bits per heavy atom. The molecule has 64 valence electrons. The predicted octanol–water partition coefficient (Wildman–Crippen LogP) is 3.46. The SMILES string of the molecule is CCCCCc1ccccc1[P]. The first kappa shape index (κ1) is 9.74. The molecule has 0 heterocycles. The van der Waals surface area contributed by atoms with E-state index in [9.17, 15) is 0 Å². The standard InChI is InChI=1S/C11H15P/c1-2-3-4-7-10-8-5-6-9-11(10)12/h5-6,8-9H,2-4,7H2,1H3. The number of aryl methyl sites for hydroxylation is 1. The molecular formula is C11H15P. The van der Waals surface area contributed by atoms with Gasteiger partial charge in [-0.25, -0.2) is 0 Å². The molecule has 2 radical (unpaired) electrons. The zero-order valence-electron chi connectivity index (χ0n) is 7.59. The molecule has 1 aromatic carbocycles. The fraction of sp³-hybridized carbons (Fsp3) is 0.455. The largest absolute Gasteiger partial charge is 0.0654 e. The van der Waals surface area contributed by atoms with Crippen molar-refractivity contribution in [1.82, 2.24) is 0 Å². The minimum atomic E-state index is 1.13. The Balaban J connectivity index is 2.46. The summed E-state index contributed by atoms with van der Waals surface area (Å²) in [5, 5.41) is 1.13. The lowest BCUT2D eigenvalue weighted by molar-refractivity contribution is 0.719. The highest BCUT2D eigenvalue weighted by Gasteiger charge is 1.95. The molecule has 1 heteroatoms. The van der Waals surface area contributed by atoms with Crippen molar-refractivity contribution in [2.75, 3.05) is 0 Å². The van der Waals surface area contributed by atoms with Gasteiger partial charge in [-0.1, -0.05) is 44.0 Å². The molecule has 0 atom stereocenters. The molecule has 0 saturated heterocycles. The van der Waals surface area contributed by atoms with Crippen LogP contribution < -0.4 is 5.30 Å². The molecule has 0 spiro atoms. The van der Waals surface area contributed by atoms with Gasteiger partial charge in [0.05, 0.1) is 0 Å². The van der Waals surface area contributed by atoms with Crippen LogP contribution in [0.2, 0.25) is 0 Å². The van der Waals surface area contributed by atoms with Crippen molar-refractivity contribution < 1.29 is 0 Å². The molecule has 0 N–H and O–H groups in total. The third-order valence-electron chi connectivity index (χ3n) is 2.04. The van der Waals surface area contributed by atoms with E-state index >= 15 is 0 Å². The number of rotatable bonds is 4. The van der Waals surface area contributed by atoms with Crippen LogP contribution in [0.1, 0.15) is 31.7 Å². The summed E-state index contributed by atoms with van der Waals surface area (Å²) in [4.78, 5) is 0. The van der Waals surface area contributed by atoms with Crippen LogP contribution in [0.15, 0.2) is 24.3 Å². The lowest BCUT2D eigenvalue weighted by Crippen LogP contribution is -2.00. The Labute approximate surface area is 77.6 Å². The quantitative estimate of drug-likeness (QED) is 0.489. The molecule has 0 saturated carbocycles. The van der Waals surface area contributed by atoms with E-state index in [1.165, 1.54) is 31.2 Å².